The minimum absolute atomic E-state index is 0.0547. The third kappa shape index (κ3) is 5.41. The number of carbonyl (C=O) groups excluding carboxylic acids is 2. The quantitative estimate of drug-likeness (QED) is 0.785. The Morgan fingerprint density at radius 2 is 2.00 bits per heavy atom. The number of nitrogens with one attached hydrogen (secondary N) is 1. The van der Waals surface area contributed by atoms with Crippen LogP contribution in [-0.4, -0.2) is 34.9 Å². The maximum Gasteiger partial charge on any atom is 0.225 e. The number of amides is 2. The van der Waals surface area contributed by atoms with Crippen molar-refractivity contribution in [3.8, 4) is 0 Å². The molecule has 1 aliphatic rings. The summed E-state index contributed by atoms with van der Waals surface area (Å²) in [4.78, 5) is 33.9. The second-order valence-electron chi connectivity index (χ2n) is 6.87. The van der Waals surface area contributed by atoms with E-state index in [0.29, 0.717) is 6.04 Å². The van der Waals surface area contributed by atoms with Gasteiger partial charge >= 0.3 is 0 Å². The van der Waals surface area contributed by atoms with Crippen molar-refractivity contribution in [1.29, 1.82) is 0 Å². The zero-order valence-electron chi connectivity index (χ0n) is 15.4. The largest absolute Gasteiger partial charge is 0.370 e. The van der Waals surface area contributed by atoms with Crippen LogP contribution < -0.4 is 16.0 Å². The summed E-state index contributed by atoms with van der Waals surface area (Å²) in [5.74, 6) is 0.0620. The van der Waals surface area contributed by atoms with Crippen LogP contribution >= 0.6 is 0 Å². The number of hydrogen-bond donors (Lipinski definition) is 2. The van der Waals surface area contributed by atoms with Gasteiger partial charge in [0.2, 0.25) is 17.8 Å². The Hall–Kier alpha value is -2.18. The summed E-state index contributed by atoms with van der Waals surface area (Å²) in [6, 6.07) is 0.291. The lowest BCUT2D eigenvalue weighted by atomic mass is 9.95. The van der Waals surface area contributed by atoms with E-state index in [1.807, 2.05) is 13.8 Å². The van der Waals surface area contributed by atoms with Gasteiger partial charge in [0.05, 0.1) is 6.04 Å². The first-order chi connectivity index (χ1) is 11.9. The minimum atomic E-state index is -0.475. The SMILES string of the molecule is Cc1nc(N(C)C2CCCCC2)ncc1C(C)NC(=O)CCC(N)=O. The molecule has 0 bridgehead atoms. The van der Waals surface area contributed by atoms with Gasteiger partial charge in [0, 0.05) is 43.4 Å². The van der Waals surface area contributed by atoms with E-state index < -0.39 is 5.91 Å². The van der Waals surface area contributed by atoms with Crippen molar-refractivity contribution in [2.24, 2.45) is 5.73 Å². The molecule has 1 aromatic rings. The average Bonchev–Trinajstić information content (AvgIpc) is 2.59. The molecule has 1 unspecified atom stereocenters. The van der Waals surface area contributed by atoms with E-state index >= 15 is 0 Å². The second kappa shape index (κ2) is 8.78. The molecule has 0 aromatic carbocycles. The number of nitrogens with zero attached hydrogens (tertiary/aromatic N) is 3. The van der Waals surface area contributed by atoms with Gasteiger partial charge in [-0.25, -0.2) is 9.97 Å². The third-order valence-electron chi connectivity index (χ3n) is 4.88. The van der Waals surface area contributed by atoms with E-state index in [0.717, 1.165) is 17.2 Å². The topological polar surface area (TPSA) is 101 Å². The van der Waals surface area contributed by atoms with Crippen molar-refractivity contribution < 1.29 is 9.59 Å². The van der Waals surface area contributed by atoms with Crippen molar-refractivity contribution in [3.63, 3.8) is 0 Å². The lowest BCUT2D eigenvalue weighted by Gasteiger charge is -2.31. The predicted molar refractivity (Wildman–Crippen MR) is 97.0 cm³/mol. The number of hydrogen-bond acceptors (Lipinski definition) is 5. The lowest BCUT2D eigenvalue weighted by Crippen LogP contribution is -2.35. The molecule has 25 heavy (non-hydrogen) atoms. The molecule has 1 fully saturated rings. The van der Waals surface area contributed by atoms with Crippen LogP contribution in [0.4, 0.5) is 5.95 Å². The molecule has 7 heteroatoms. The normalized spacial score (nSPS) is 16.3. The number of carbonyl (C=O) groups is 2. The molecule has 1 saturated carbocycles. The fourth-order valence-electron chi connectivity index (χ4n) is 3.32. The first-order valence-corrected chi connectivity index (χ1v) is 9.02. The summed E-state index contributed by atoms with van der Waals surface area (Å²) < 4.78 is 0. The van der Waals surface area contributed by atoms with Crippen molar-refractivity contribution >= 4 is 17.8 Å². The number of rotatable bonds is 7. The molecule has 1 atom stereocenters. The Labute approximate surface area is 149 Å². The summed E-state index contributed by atoms with van der Waals surface area (Å²) in [5, 5.41) is 2.86. The van der Waals surface area contributed by atoms with Crippen LogP contribution in [-0.2, 0) is 9.59 Å². The monoisotopic (exact) mass is 347 g/mol. The van der Waals surface area contributed by atoms with Gasteiger partial charge in [-0.05, 0) is 26.7 Å². The zero-order valence-corrected chi connectivity index (χ0v) is 15.4. The summed E-state index contributed by atoms with van der Waals surface area (Å²) in [5.41, 5.74) is 6.81. The van der Waals surface area contributed by atoms with Gasteiger partial charge in [0.15, 0.2) is 0 Å². The Balaban J connectivity index is 2.00. The van der Waals surface area contributed by atoms with E-state index in [1.54, 1.807) is 6.20 Å². The summed E-state index contributed by atoms with van der Waals surface area (Å²) in [6.07, 6.45) is 8.16. The molecule has 0 aliphatic heterocycles. The first kappa shape index (κ1) is 19.1. The number of aromatic nitrogens is 2. The number of aryl methyl sites for hydroxylation is 1. The van der Waals surface area contributed by atoms with E-state index in [1.165, 1.54) is 32.1 Å². The molecule has 1 aliphatic carbocycles. The van der Waals surface area contributed by atoms with E-state index in [2.05, 4.69) is 27.2 Å². The molecule has 0 radical (unpaired) electrons. The Morgan fingerprint density at radius 3 is 2.60 bits per heavy atom. The number of nitrogens with two attached hydrogens (primary N) is 1. The fraction of sp³-hybridized carbons (Fsp3) is 0.667. The highest BCUT2D eigenvalue weighted by Crippen LogP contribution is 2.25. The van der Waals surface area contributed by atoms with Gasteiger partial charge in [0.25, 0.3) is 0 Å². The van der Waals surface area contributed by atoms with Crippen molar-refractivity contribution in [1.82, 2.24) is 15.3 Å². The molecule has 2 amide bonds. The molecule has 0 spiro atoms. The van der Waals surface area contributed by atoms with Gasteiger partial charge < -0.3 is 16.0 Å². The summed E-state index contributed by atoms with van der Waals surface area (Å²) in [6.45, 7) is 3.82. The number of primary amides is 1. The fourth-order valence-corrected chi connectivity index (χ4v) is 3.32. The second-order valence-corrected chi connectivity index (χ2v) is 6.87. The first-order valence-electron chi connectivity index (χ1n) is 9.02. The predicted octanol–water partition coefficient (Wildman–Crippen LogP) is 2.00. The summed E-state index contributed by atoms with van der Waals surface area (Å²) >= 11 is 0. The van der Waals surface area contributed by atoms with Gasteiger partial charge in [-0.1, -0.05) is 19.3 Å². The third-order valence-corrected chi connectivity index (χ3v) is 4.88. The zero-order chi connectivity index (χ0) is 18.4. The highest BCUT2D eigenvalue weighted by Gasteiger charge is 2.21. The van der Waals surface area contributed by atoms with Crippen LogP contribution in [0.2, 0.25) is 0 Å². The van der Waals surface area contributed by atoms with Gasteiger partial charge in [-0.2, -0.15) is 0 Å². The van der Waals surface area contributed by atoms with Crippen LogP contribution in [0.15, 0.2) is 6.20 Å². The molecule has 1 heterocycles. The van der Waals surface area contributed by atoms with Gasteiger partial charge in [0.1, 0.15) is 0 Å². The molecule has 3 N–H and O–H groups in total. The average molecular weight is 347 g/mol. The standard InChI is InChI=1S/C18H29N5O2/c1-12(21-17(25)10-9-16(19)24)15-11-20-18(22-13(15)2)23(3)14-7-5-4-6-8-14/h11-12,14H,4-10H2,1-3H3,(H2,19,24)(H,21,25). The van der Waals surface area contributed by atoms with Crippen LogP contribution in [0.1, 0.15) is 69.2 Å². The number of anilines is 1. The minimum Gasteiger partial charge on any atom is -0.370 e. The van der Waals surface area contributed by atoms with Crippen molar-refractivity contribution in [3.05, 3.63) is 17.5 Å². The Morgan fingerprint density at radius 1 is 1.32 bits per heavy atom. The maximum absolute atomic E-state index is 11.9. The summed E-state index contributed by atoms with van der Waals surface area (Å²) in [7, 11) is 2.06. The molecule has 138 valence electrons. The highest BCUT2D eigenvalue weighted by molar-refractivity contribution is 5.83. The molecule has 2 rings (SSSR count). The van der Waals surface area contributed by atoms with Crippen LogP contribution in [0, 0.1) is 6.92 Å². The van der Waals surface area contributed by atoms with Crippen molar-refractivity contribution in [2.45, 2.75) is 70.9 Å². The molecule has 7 nitrogen and oxygen atoms in total. The van der Waals surface area contributed by atoms with Crippen LogP contribution in [0.5, 0.6) is 0 Å². The van der Waals surface area contributed by atoms with E-state index in [-0.39, 0.29) is 24.8 Å². The Kier molecular flexibility index (Phi) is 6.73. The van der Waals surface area contributed by atoms with Gasteiger partial charge in [-0.3, -0.25) is 9.59 Å². The van der Waals surface area contributed by atoms with Crippen molar-refractivity contribution in [2.75, 3.05) is 11.9 Å². The molecule has 0 saturated heterocycles. The van der Waals surface area contributed by atoms with Crippen LogP contribution in [0.25, 0.3) is 0 Å². The lowest BCUT2D eigenvalue weighted by molar-refractivity contribution is -0.125. The van der Waals surface area contributed by atoms with Crippen LogP contribution in [0.3, 0.4) is 0 Å². The molecule has 1 aromatic heterocycles. The smallest absolute Gasteiger partial charge is 0.225 e. The van der Waals surface area contributed by atoms with E-state index in [4.69, 9.17) is 5.73 Å². The Bertz CT molecular complexity index is 613. The van der Waals surface area contributed by atoms with Gasteiger partial charge in [-0.15, -0.1) is 0 Å². The van der Waals surface area contributed by atoms with E-state index in [9.17, 15) is 9.59 Å². The highest BCUT2D eigenvalue weighted by atomic mass is 16.2. The molecular formula is C18H29N5O2. The molecular weight excluding hydrogens is 318 g/mol. The maximum atomic E-state index is 11.9.